The van der Waals surface area contributed by atoms with Gasteiger partial charge in [-0.3, -0.25) is 0 Å². The number of nitrogens with one attached hydrogen (secondary N) is 2. The zero-order valence-electron chi connectivity index (χ0n) is 11.4. The van der Waals surface area contributed by atoms with E-state index in [2.05, 4.69) is 15.3 Å². The fourth-order valence-electron chi connectivity index (χ4n) is 1.78. The van der Waals surface area contributed by atoms with Crippen LogP contribution in [0.25, 0.3) is 0 Å². The van der Waals surface area contributed by atoms with Crippen LogP contribution in [0.4, 0.5) is 4.79 Å². The van der Waals surface area contributed by atoms with Crippen LogP contribution in [-0.4, -0.2) is 45.1 Å². The third kappa shape index (κ3) is 4.32. The second-order valence-electron chi connectivity index (χ2n) is 4.56. The summed E-state index contributed by atoms with van der Waals surface area (Å²) in [6.45, 7) is 0.444. The number of H-pyrrole nitrogens is 1. The minimum absolute atomic E-state index is 0.161. The van der Waals surface area contributed by atoms with E-state index in [0.29, 0.717) is 12.2 Å². The van der Waals surface area contributed by atoms with Crippen LogP contribution in [-0.2, 0) is 17.8 Å². The van der Waals surface area contributed by atoms with Crippen LogP contribution in [0.1, 0.15) is 10.6 Å². The summed E-state index contributed by atoms with van der Waals surface area (Å²) in [6, 6.07) is 2.41. The quantitative estimate of drug-likeness (QED) is 0.749. The Morgan fingerprint density at radius 3 is 2.95 bits per heavy atom. The molecule has 8 heteroatoms. The topological polar surface area (TPSA) is 98.3 Å². The zero-order valence-corrected chi connectivity index (χ0v) is 12.3. The number of thiophene rings is 1. The molecule has 0 aliphatic heterocycles. The number of nitrogens with zero attached hydrogens (tertiary/aromatic N) is 2. The molecule has 0 aliphatic rings. The van der Waals surface area contributed by atoms with Gasteiger partial charge in [-0.05, 0) is 11.4 Å². The first-order valence-electron chi connectivity index (χ1n) is 6.30. The molecule has 1 atom stereocenters. The average Bonchev–Trinajstić information content (AvgIpc) is 3.10. The lowest BCUT2D eigenvalue weighted by atomic mass is 10.1. The van der Waals surface area contributed by atoms with Gasteiger partial charge >= 0.3 is 12.0 Å². The van der Waals surface area contributed by atoms with Crippen LogP contribution < -0.4 is 5.32 Å². The normalized spacial score (nSPS) is 11.9. The third-order valence-electron chi connectivity index (χ3n) is 2.89. The van der Waals surface area contributed by atoms with Crippen LogP contribution in [0.5, 0.6) is 0 Å². The number of aliphatic carboxylic acids is 1. The number of amides is 2. The molecule has 7 nitrogen and oxygen atoms in total. The predicted molar refractivity (Wildman–Crippen MR) is 78.0 cm³/mol. The Kier molecular flexibility index (Phi) is 4.94. The van der Waals surface area contributed by atoms with Crippen LogP contribution in [0.2, 0.25) is 0 Å². The first-order valence-corrected chi connectivity index (χ1v) is 7.18. The molecule has 2 heterocycles. The molecule has 0 bridgehead atoms. The van der Waals surface area contributed by atoms with Gasteiger partial charge in [0, 0.05) is 30.2 Å². The molecule has 0 aromatic carbocycles. The zero-order chi connectivity index (χ0) is 15.2. The van der Waals surface area contributed by atoms with Crippen molar-refractivity contribution >= 4 is 23.3 Å². The molecule has 0 radical (unpaired) electrons. The summed E-state index contributed by atoms with van der Waals surface area (Å²) in [4.78, 5) is 32.4. The maximum absolute atomic E-state index is 12.0. The Morgan fingerprint density at radius 2 is 2.38 bits per heavy atom. The fraction of sp³-hybridized carbons (Fsp3) is 0.308. The van der Waals surface area contributed by atoms with E-state index in [9.17, 15) is 14.7 Å². The predicted octanol–water partition coefficient (Wildman–Crippen LogP) is 1.31. The second-order valence-corrected chi connectivity index (χ2v) is 5.59. The molecule has 3 N–H and O–H groups in total. The number of aromatic amines is 1. The summed E-state index contributed by atoms with van der Waals surface area (Å²) in [5, 5.41) is 13.6. The summed E-state index contributed by atoms with van der Waals surface area (Å²) in [7, 11) is 1.63. The maximum atomic E-state index is 12.0. The minimum Gasteiger partial charge on any atom is -0.480 e. The lowest BCUT2D eigenvalue weighted by Crippen LogP contribution is -2.47. The van der Waals surface area contributed by atoms with Gasteiger partial charge in [-0.25, -0.2) is 14.6 Å². The van der Waals surface area contributed by atoms with E-state index < -0.39 is 18.0 Å². The number of carboxylic acids is 1. The first-order chi connectivity index (χ1) is 10.1. The van der Waals surface area contributed by atoms with E-state index in [1.54, 1.807) is 18.4 Å². The summed E-state index contributed by atoms with van der Waals surface area (Å²) in [6.07, 6.45) is 3.17. The number of carbonyl (C=O) groups is 2. The Bertz CT molecular complexity index is 583. The number of carbonyl (C=O) groups excluding carboxylic acids is 1. The largest absolute Gasteiger partial charge is 0.480 e. The summed E-state index contributed by atoms with van der Waals surface area (Å²) in [5.41, 5.74) is 0.656. The van der Waals surface area contributed by atoms with E-state index in [0.717, 1.165) is 4.88 Å². The molecule has 0 fully saturated rings. The number of hydrogen-bond acceptors (Lipinski definition) is 4. The van der Waals surface area contributed by atoms with Crippen molar-refractivity contribution in [3.05, 3.63) is 40.6 Å². The number of carboxylic acid groups (broad SMARTS) is 1. The van der Waals surface area contributed by atoms with E-state index in [-0.39, 0.29) is 6.42 Å². The number of rotatable bonds is 6. The highest BCUT2D eigenvalue weighted by atomic mass is 32.1. The highest BCUT2D eigenvalue weighted by Crippen LogP contribution is 2.11. The second kappa shape index (κ2) is 6.89. The first kappa shape index (κ1) is 15.0. The Balaban J connectivity index is 1.92. The van der Waals surface area contributed by atoms with Crippen molar-refractivity contribution in [3.63, 3.8) is 0 Å². The molecule has 112 valence electrons. The highest BCUT2D eigenvalue weighted by Gasteiger charge is 2.22. The molecule has 21 heavy (non-hydrogen) atoms. The molecule has 0 saturated heterocycles. The lowest BCUT2D eigenvalue weighted by molar-refractivity contribution is -0.139. The summed E-state index contributed by atoms with van der Waals surface area (Å²) in [5.74, 6) is -1.08. The molecular formula is C13H16N4O3S. The van der Waals surface area contributed by atoms with Crippen molar-refractivity contribution in [2.24, 2.45) is 0 Å². The van der Waals surface area contributed by atoms with Gasteiger partial charge in [0.15, 0.2) is 0 Å². The van der Waals surface area contributed by atoms with Gasteiger partial charge in [0.2, 0.25) is 0 Å². The van der Waals surface area contributed by atoms with Crippen molar-refractivity contribution in [2.45, 2.75) is 19.0 Å². The van der Waals surface area contributed by atoms with Crippen LogP contribution in [0.3, 0.4) is 0 Å². The Morgan fingerprint density at radius 1 is 1.57 bits per heavy atom. The van der Waals surface area contributed by atoms with E-state index in [1.807, 2.05) is 17.5 Å². The molecule has 2 aromatic rings. The number of imidazole rings is 1. The fourth-order valence-corrected chi connectivity index (χ4v) is 2.54. The van der Waals surface area contributed by atoms with Crippen molar-refractivity contribution in [2.75, 3.05) is 7.05 Å². The minimum atomic E-state index is -1.08. The standard InChI is InChI=1S/C13H16N4O3S/c1-17(7-10-3-2-4-21-10)13(20)16-11(12(18)19)5-9-6-14-8-15-9/h2-4,6,8,11H,5,7H2,1H3,(H,14,15)(H,16,20)(H,18,19)/t11-/m0/s1. The van der Waals surface area contributed by atoms with Gasteiger partial charge in [0.25, 0.3) is 0 Å². The van der Waals surface area contributed by atoms with Gasteiger partial charge in [-0.15, -0.1) is 11.3 Å². The van der Waals surface area contributed by atoms with E-state index in [1.165, 1.54) is 17.4 Å². The van der Waals surface area contributed by atoms with Crippen LogP contribution >= 0.6 is 11.3 Å². The van der Waals surface area contributed by atoms with Crippen molar-refractivity contribution in [3.8, 4) is 0 Å². The number of hydrogen-bond donors (Lipinski definition) is 3. The molecule has 2 amide bonds. The molecular weight excluding hydrogens is 292 g/mol. The van der Waals surface area contributed by atoms with Gasteiger partial charge in [0.05, 0.1) is 12.9 Å². The number of aromatic nitrogens is 2. The lowest BCUT2D eigenvalue weighted by Gasteiger charge is -2.20. The SMILES string of the molecule is CN(Cc1cccs1)C(=O)N[C@@H](Cc1cnc[nH]1)C(=O)O. The highest BCUT2D eigenvalue weighted by molar-refractivity contribution is 7.09. The average molecular weight is 308 g/mol. The van der Waals surface area contributed by atoms with E-state index >= 15 is 0 Å². The molecule has 0 unspecified atom stereocenters. The smallest absolute Gasteiger partial charge is 0.326 e. The van der Waals surface area contributed by atoms with Gasteiger partial charge < -0.3 is 20.3 Å². The maximum Gasteiger partial charge on any atom is 0.326 e. The van der Waals surface area contributed by atoms with Crippen molar-refractivity contribution in [1.82, 2.24) is 20.2 Å². The Hall–Kier alpha value is -2.35. The molecule has 2 rings (SSSR count). The van der Waals surface area contributed by atoms with Gasteiger partial charge in [0.1, 0.15) is 6.04 Å². The van der Waals surface area contributed by atoms with Gasteiger partial charge in [-0.1, -0.05) is 6.07 Å². The van der Waals surface area contributed by atoms with Crippen LogP contribution in [0, 0.1) is 0 Å². The number of urea groups is 1. The molecule has 0 spiro atoms. The van der Waals surface area contributed by atoms with Crippen LogP contribution in [0.15, 0.2) is 30.0 Å². The monoisotopic (exact) mass is 308 g/mol. The molecule has 2 aromatic heterocycles. The summed E-state index contributed by atoms with van der Waals surface area (Å²) >= 11 is 1.55. The molecule has 0 saturated carbocycles. The summed E-state index contributed by atoms with van der Waals surface area (Å²) < 4.78 is 0. The van der Waals surface area contributed by atoms with Crippen molar-refractivity contribution in [1.29, 1.82) is 0 Å². The van der Waals surface area contributed by atoms with Gasteiger partial charge in [-0.2, -0.15) is 0 Å². The third-order valence-corrected chi connectivity index (χ3v) is 3.76. The Labute approximate surface area is 125 Å². The molecule has 0 aliphatic carbocycles. The van der Waals surface area contributed by atoms with Crippen molar-refractivity contribution < 1.29 is 14.7 Å². The van der Waals surface area contributed by atoms with E-state index in [4.69, 9.17) is 0 Å².